The first-order valence-corrected chi connectivity index (χ1v) is 13.6. The van der Waals surface area contributed by atoms with Gasteiger partial charge in [-0.2, -0.15) is 5.26 Å². The number of hydrogen-bond acceptors (Lipinski definition) is 4. The Balaban J connectivity index is 1.92. The van der Waals surface area contributed by atoms with E-state index in [0.29, 0.717) is 22.5 Å². The molecule has 6 nitrogen and oxygen atoms in total. The van der Waals surface area contributed by atoms with Gasteiger partial charge in [-0.15, -0.1) is 0 Å². The van der Waals surface area contributed by atoms with Crippen molar-refractivity contribution in [3.8, 4) is 17.4 Å². The lowest BCUT2D eigenvalue weighted by atomic mass is 10.1. The molecule has 2 heterocycles. The van der Waals surface area contributed by atoms with Gasteiger partial charge in [0.15, 0.2) is 0 Å². The predicted octanol–water partition coefficient (Wildman–Crippen LogP) is 7.02. The predicted molar refractivity (Wildman–Crippen MR) is 152 cm³/mol. The van der Waals surface area contributed by atoms with Crippen molar-refractivity contribution in [1.29, 1.82) is 5.26 Å². The van der Waals surface area contributed by atoms with E-state index in [-0.39, 0.29) is 5.56 Å². The van der Waals surface area contributed by atoms with Crippen LogP contribution in [0.15, 0.2) is 71.7 Å². The Bertz CT molecular complexity index is 1370. The van der Waals surface area contributed by atoms with Crippen molar-refractivity contribution >= 4 is 17.0 Å². The third kappa shape index (κ3) is 5.94. The van der Waals surface area contributed by atoms with Gasteiger partial charge in [0, 0.05) is 25.0 Å². The van der Waals surface area contributed by atoms with Crippen LogP contribution < -0.4 is 10.5 Å². The van der Waals surface area contributed by atoms with Crippen molar-refractivity contribution in [3.63, 3.8) is 0 Å². The van der Waals surface area contributed by atoms with Gasteiger partial charge < -0.3 is 9.47 Å². The van der Waals surface area contributed by atoms with Crippen molar-refractivity contribution < 1.29 is 0 Å². The van der Waals surface area contributed by atoms with E-state index in [2.05, 4.69) is 24.8 Å². The molecule has 2 aromatic carbocycles. The average molecular weight is 496 g/mol. The molecule has 0 fully saturated rings. The standard InChI is InChI=1S/C31H37N5O/c1-3-5-7-15-21-34(22-16-8-6-4-2)31-33-28-25(23-32)24-35(26-17-11-9-12-18-26)29(28)30(37)36(31)27-19-13-10-14-20-27/h9-14,17-20,24H,3-8,15-16,21-22H2,1-2H3. The van der Waals surface area contributed by atoms with Crippen molar-refractivity contribution in [1.82, 2.24) is 14.1 Å². The maximum absolute atomic E-state index is 14.3. The number of para-hydroxylation sites is 2. The fourth-order valence-corrected chi connectivity index (χ4v) is 4.83. The van der Waals surface area contributed by atoms with Gasteiger partial charge in [0.1, 0.15) is 17.1 Å². The number of hydrogen-bond donors (Lipinski definition) is 0. The van der Waals surface area contributed by atoms with Gasteiger partial charge in [-0.25, -0.2) is 9.55 Å². The molecular formula is C31H37N5O. The minimum atomic E-state index is -0.163. The summed E-state index contributed by atoms with van der Waals surface area (Å²) in [4.78, 5) is 21.6. The highest BCUT2D eigenvalue weighted by atomic mass is 16.1. The van der Waals surface area contributed by atoms with Crippen LogP contribution in [0.4, 0.5) is 5.95 Å². The molecule has 0 saturated heterocycles. The molecule has 0 saturated carbocycles. The Morgan fingerprint density at radius 2 is 1.38 bits per heavy atom. The molecule has 192 valence electrons. The minimum absolute atomic E-state index is 0.163. The maximum Gasteiger partial charge on any atom is 0.284 e. The normalized spacial score (nSPS) is 11.1. The lowest BCUT2D eigenvalue weighted by Gasteiger charge is -2.27. The fourth-order valence-electron chi connectivity index (χ4n) is 4.83. The molecule has 6 heteroatoms. The van der Waals surface area contributed by atoms with E-state index < -0.39 is 0 Å². The third-order valence-electron chi connectivity index (χ3n) is 6.81. The summed E-state index contributed by atoms with van der Waals surface area (Å²) in [7, 11) is 0. The van der Waals surface area contributed by atoms with Gasteiger partial charge in [0.05, 0.1) is 11.3 Å². The molecule has 0 atom stereocenters. The summed E-state index contributed by atoms with van der Waals surface area (Å²) < 4.78 is 3.54. The summed E-state index contributed by atoms with van der Waals surface area (Å²) in [6, 6.07) is 21.7. The van der Waals surface area contributed by atoms with Gasteiger partial charge in [-0.05, 0) is 37.1 Å². The lowest BCUT2D eigenvalue weighted by molar-refractivity contribution is 0.597. The van der Waals surface area contributed by atoms with Gasteiger partial charge >= 0.3 is 0 Å². The Labute approximate surface area is 219 Å². The molecule has 0 radical (unpaired) electrons. The fraction of sp³-hybridized carbons (Fsp3) is 0.387. The van der Waals surface area contributed by atoms with Gasteiger partial charge in [-0.1, -0.05) is 88.8 Å². The lowest BCUT2D eigenvalue weighted by Crippen LogP contribution is -2.34. The topological polar surface area (TPSA) is 66.8 Å². The van der Waals surface area contributed by atoms with E-state index in [0.717, 1.165) is 50.1 Å². The molecule has 0 unspecified atom stereocenters. The monoisotopic (exact) mass is 495 g/mol. The molecule has 0 spiro atoms. The maximum atomic E-state index is 14.3. The van der Waals surface area contributed by atoms with Crippen LogP contribution in [0.1, 0.15) is 70.8 Å². The van der Waals surface area contributed by atoms with Gasteiger partial charge in [-0.3, -0.25) is 4.79 Å². The highest BCUT2D eigenvalue weighted by Gasteiger charge is 2.23. The molecule has 4 rings (SSSR count). The second-order valence-corrected chi connectivity index (χ2v) is 9.55. The quantitative estimate of drug-likeness (QED) is 0.187. The van der Waals surface area contributed by atoms with E-state index in [1.807, 2.05) is 60.7 Å². The number of benzene rings is 2. The van der Waals surface area contributed by atoms with Crippen LogP contribution in [0.3, 0.4) is 0 Å². The van der Waals surface area contributed by atoms with E-state index in [4.69, 9.17) is 4.98 Å². The first kappa shape index (κ1) is 26.2. The number of aromatic nitrogens is 3. The molecule has 0 bridgehead atoms. The van der Waals surface area contributed by atoms with Gasteiger partial charge in [0.25, 0.3) is 5.56 Å². The molecule has 2 aromatic heterocycles. The van der Waals surface area contributed by atoms with Crippen LogP contribution in [0.5, 0.6) is 0 Å². The number of unbranched alkanes of at least 4 members (excludes halogenated alkanes) is 6. The minimum Gasteiger partial charge on any atom is -0.342 e. The Kier molecular flexibility index (Phi) is 9.15. The largest absolute Gasteiger partial charge is 0.342 e. The highest BCUT2D eigenvalue weighted by molar-refractivity contribution is 5.85. The van der Waals surface area contributed by atoms with Gasteiger partial charge in [0.2, 0.25) is 5.95 Å². The molecule has 37 heavy (non-hydrogen) atoms. The number of nitriles is 1. The zero-order valence-electron chi connectivity index (χ0n) is 22.1. The molecule has 0 amide bonds. The summed E-state index contributed by atoms with van der Waals surface area (Å²) in [5, 5.41) is 9.98. The molecule has 0 N–H and O–H groups in total. The number of anilines is 1. The second kappa shape index (κ2) is 12.9. The Hall–Kier alpha value is -3.85. The summed E-state index contributed by atoms with van der Waals surface area (Å²) in [6.45, 7) is 6.09. The van der Waals surface area contributed by atoms with Crippen molar-refractivity contribution in [3.05, 3.63) is 82.8 Å². The van der Waals surface area contributed by atoms with Crippen molar-refractivity contribution in [2.75, 3.05) is 18.0 Å². The molecule has 0 aliphatic heterocycles. The van der Waals surface area contributed by atoms with Crippen LogP contribution >= 0.6 is 0 Å². The first-order chi connectivity index (χ1) is 18.2. The summed E-state index contributed by atoms with van der Waals surface area (Å²) >= 11 is 0. The van der Waals surface area contributed by atoms with E-state index >= 15 is 0 Å². The summed E-state index contributed by atoms with van der Waals surface area (Å²) in [5.74, 6) is 0.624. The second-order valence-electron chi connectivity index (χ2n) is 9.55. The SMILES string of the molecule is CCCCCCN(CCCCCC)c1nc2c(C#N)cn(-c3ccccc3)c2c(=O)n1-c1ccccc1. The third-order valence-corrected chi connectivity index (χ3v) is 6.81. The first-order valence-electron chi connectivity index (χ1n) is 13.6. The van der Waals surface area contributed by atoms with Crippen LogP contribution in [-0.2, 0) is 0 Å². The average Bonchev–Trinajstić information content (AvgIpc) is 3.32. The van der Waals surface area contributed by atoms with Crippen molar-refractivity contribution in [2.45, 2.75) is 65.2 Å². The molecular weight excluding hydrogens is 458 g/mol. The summed E-state index contributed by atoms with van der Waals surface area (Å²) in [6.07, 6.45) is 10.9. The zero-order chi connectivity index (χ0) is 26.0. The Morgan fingerprint density at radius 3 is 1.92 bits per heavy atom. The molecule has 0 aliphatic carbocycles. The smallest absolute Gasteiger partial charge is 0.284 e. The molecule has 4 aromatic rings. The number of nitrogens with zero attached hydrogens (tertiary/aromatic N) is 5. The van der Waals surface area contributed by atoms with E-state index in [1.165, 1.54) is 25.7 Å². The van der Waals surface area contributed by atoms with Crippen LogP contribution in [0, 0.1) is 11.3 Å². The summed E-state index contributed by atoms with van der Waals surface area (Å²) in [5.41, 5.74) is 2.75. The highest BCUT2D eigenvalue weighted by Crippen LogP contribution is 2.26. The van der Waals surface area contributed by atoms with E-state index in [9.17, 15) is 10.1 Å². The Morgan fingerprint density at radius 1 is 0.811 bits per heavy atom. The van der Waals surface area contributed by atoms with Crippen LogP contribution in [-0.4, -0.2) is 27.2 Å². The van der Waals surface area contributed by atoms with Crippen LogP contribution in [0.2, 0.25) is 0 Å². The zero-order valence-corrected chi connectivity index (χ0v) is 22.1. The molecule has 0 aliphatic rings. The van der Waals surface area contributed by atoms with Crippen molar-refractivity contribution in [2.24, 2.45) is 0 Å². The van der Waals surface area contributed by atoms with E-state index in [1.54, 1.807) is 15.3 Å². The number of fused-ring (bicyclic) bond motifs is 1. The van der Waals surface area contributed by atoms with Crippen LogP contribution in [0.25, 0.3) is 22.4 Å². The number of rotatable bonds is 13.